The van der Waals surface area contributed by atoms with E-state index in [0.717, 1.165) is 11.8 Å². The summed E-state index contributed by atoms with van der Waals surface area (Å²) < 4.78 is 10.6. The minimum Gasteiger partial charge on any atom is -0.454 e. The molecule has 22 heavy (non-hydrogen) atoms. The van der Waals surface area contributed by atoms with Crippen molar-refractivity contribution in [2.45, 2.75) is 38.6 Å². The smallest absolute Gasteiger partial charge is 0.251 e. The number of carbonyl (C=O) groups is 1. The maximum absolute atomic E-state index is 12.5. The van der Waals surface area contributed by atoms with Crippen molar-refractivity contribution in [2.75, 3.05) is 6.79 Å². The van der Waals surface area contributed by atoms with Gasteiger partial charge in [-0.15, -0.1) is 0 Å². The van der Waals surface area contributed by atoms with Gasteiger partial charge in [-0.2, -0.15) is 0 Å². The minimum atomic E-state index is -0.0875. The number of hydrogen-bond donors (Lipinski definition) is 1. The highest BCUT2D eigenvalue weighted by atomic mass is 35.5. The molecule has 4 rings (SSSR count). The second-order valence-corrected chi connectivity index (χ2v) is 7.20. The Balaban J connectivity index is 1.47. The second-order valence-electron chi connectivity index (χ2n) is 6.79. The number of hydrogen-bond acceptors (Lipinski definition) is 3. The number of rotatable bonds is 3. The Morgan fingerprint density at radius 2 is 2.18 bits per heavy atom. The number of fused-ring (bicyclic) bond motifs is 3. The van der Waals surface area contributed by atoms with Crippen molar-refractivity contribution in [3.8, 4) is 11.5 Å². The largest absolute Gasteiger partial charge is 0.454 e. The van der Waals surface area contributed by atoms with Gasteiger partial charge < -0.3 is 14.8 Å². The van der Waals surface area contributed by atoms with Gasteiger partial charge in [-0.05, 0) is 56.1 Å². The third-order valence-electron chi connectivity index (χ3n) is 5.48. The molecule has 2 bridgehead atoms. The third-order valence-corrected chi connectivity index (χ3v) is 5.76. The van der Waals surface area contributed by atoms with Gasteiger partial charge in [-0.25, -0.2) is 0 Å². The average Bonchev–Trinajstić information content (AvgIpc) is 3.22. The quantitative estimate of drug-likeness (QED) is 0.925. The monoisotopic (exact) mass is 321 g/mol. The fourth-order valence-electron chi connectivity index (χ4n) is 4.40. The molecule has 0 aromatic heterocycles. The molecule has 2 fully saturated rings. The first-order valence-electron chi connectivity index (χ1n) is 8.02. The first kappa shape index (κ1) is 14.2. The molecule has 4 nitrogen and oxygen atoms in total. The van der Waals surface area contributed by atoms with E-state index < -0.39 is 0 Å². The Labute approximate surface area is 135 Å². The van der Waals surface area contributed by atoms with E-state index in [4.69, 9.17) is 21.1 Å². The highest BCUT2D eigenvalue weighted by Gasteiger charge is 2.42. The van der Waals surface area contributed by atoms with Gasteiger partial charge in [0.1, 0.15) is 0 Å². The van der Waals surface area contributed by atoms with Crippen LogP contribution in [0.4, 0.5) is 0 Å². The highest BCUT2D eigenvalue weighted by Crippen LogP contribution is 2.49. The van der Waals surface area contributed by atoms with Crippen molar-refractivity contribution in [1.82, 2.24) is 5.32 Å². The summed E-state index contributed by atoms with van der Waals surface area (Å²) >= 11 is 6.15. The van der Waals surface area contributed by atoms with Gasteiger partial charge in [0.15, 0.2) is 11.5 Å². The van der Waals surface area contributed by atoms with Crippen LogP contribution in [-0.4, -0.2) is 18.7 Å². The number of amides is 1. The predicted octanol–water partition coefficient (Wildman–Crippen LogP) is 3.62. The lowest BCUT2D eigenvalue weighted by Crippen LogP contribution is -2.40. The van der Waals surface area contributed by atoms with E-state index in [9.17, 15) is 4.79 Å². The van der Waals surface area contributed by atoms with E-state index in [0.29, 0.717) is 28.0 Å². The Morgan fingerprint density at radius 1 is 1.32 bits per heavy atom. The molecule has 1 heterocycles. The van der Waals surface area contributed by atoms with Gasteiger partial charge in [0.05, 0.1) is 5.02 Å². The zero-order valence-corrected chi connectivity index (χ0v) is 13.4. The van der Waals surface area contributed by atoms with Crippen LogP contribution >= 0.6 is 11.6 Å². The van der Waals surface area contributed by atoms with E-state index in [2.05, 4.69) is 12.2 Å². The van der Waals surface area contributed by atoms with Crippen LogP contribution in [0.25, 0.3) is 0 Å². The molecule has 4 unspecified atom stereocenters. The molecule has 2 aliphatic carbocycles. The number of ether oxygens (including phenoxy) is 2. The molecule has 2 saturated carbocycles. The van der Waals surface area contributed by atoms with Gasteiger partial charge in [0.25, 0.3) is 5.91 Å². The fraction of sp³-hybridized carbons (Fsp3) is 0.588. The lowest BCUT2D eigenvalue weighted by atomic mass is 9.84. The van der Waals surface area contributed by atoms with Gasteiger partial charge in [-0.1, -0.05) is 18.0 Å². The molecular weight excluding hydrogens is 302 g/mol. The van der Waals surface area contributed by atoms with Crippen LogP contribution in [0.15, 0.2) is 12.1 Å². The Hall–Kier alpha value is -1.42. The van der Waals surface area contributed by atoms with Crippen LogP contribution in [-0.2, 0) is 0 Å². The van der Waals surface area contributed by atoms with Crippen LogP contribution in [0.5, 0.6) is 11.5 Å². The molecule has 0 spiro atoms. The fourth-order valence-corrected chi connectivity index (χ4v) is 4.67. The summed E-state index contributed by atoms with van der Waals surface area (Å²) in [5.74, 6) is 3.28. The first-order chi connectivity index (χ1) is 10.6. The summed E-state index contributed by atoms with van der Waals surface area (Å²) in [5.41, 5.74) is 0.532. The van der Waals surface area contributed by atoms with Crippen molar-refractivity contribution < 1.29 is 14.3 Å². The summed E-state index contributed by atoms with van der Waals surface area (Å²) in [6.07, 6.45) is 5.31. The van der Waals surface area contributed by atoms with Crippen LogP contribution in [0.1, 0.15) is 43.0 Å². The summed E-state index contributed by atoms with van der Waals surface area (Å²) in [7, 11) is 0. The molecule has 1 aromatic carbocycles. The molecule has 3 aliphatic rings. The molecule has 118 valence electrons. The van der Waals surface area contributed by atoms with E-state index in [1.54, 1.807) is 12.1 Å². The normalized spacial score (nSPS) is 29.6. The van der Waals surface area contributed by atoms with Crippen molar-refractivity contribution in [3.63, 3.8) is 0 Å². The lowest BCUT2D eigenvalue weighted by Gasteiger charge is -2.28. The molecule has 5 heteroatoms. The molecule has 1 aromatic rings. The number of benzene rings is 1. The number of carbonyl (C=O) groups excluding carboxylic acids is 1. The number of halogens is 1. The van der Waals surface area contributed by atoms with Crippen LogP contribution in [0.3, 0.4) is 0 Å². The maximum atomic E-state index is 12.5. The van der Waals surface area contributed by atoms with Gasteiger partial charge >= 0.3 is 0 Å². The molecular formula is C17H20ClNO3. The molecule has 4 atom stereocenters. The zero-order chi connectivity index (χ0) is 15.3. The lowest BCUT2D eigenvalue weighted by molar-refractivity contribution is 0.0915. The Kier molecular flexibility index (Phi) is 3.44. The van der Waals surface area contributed by atoms with E-state index in [-0.39, 0.29) is 18.7 Å². The Morgan fingerprint density at radius 3 is 2.91 bits per heavy atom. The van der Waals surface area contributed by atoms with Crippen LogP contribution in [0.2, 0.25) is 5.02 Å². The zero-order valence-electron chi connectivity index (χ0n) is 12.6. The topological polar surface area (TPSA) is 47.6 Å². The van der Waals surface area contributed by atoms with Gasteiger partial charge in [0, 0.05) is 11.6 Å². The average molecular weight is 322 g/mol. The second kappa shape index (κ2) is 5.34. The standard InChI is InChI=1S/C17H20ClNO3/c1-9(13-5-10-2-3-11(13)4-10)19-17(20)12-6-14(18)16-15(7-12)21-8-22-16/h6-7,9-11,13H,2-5,8H2,1H3,(H,19,20). The van der Waals surface area contributed by atoms with Gasteiger partial charge in [0.2, 0.25) is 6.79 Å². The summed E-state index contributed by atoms with van der Waals surface area (Å²) in [4.78, 5) is 12.5. The predicted molar refractivity (Wildman–Crippen MR) is 83.4 cm³/mol. The molecule has 1 N–H and O–H groups in total. The molecule has 0 saturated heterocycles. The Bertz CT molecular complexity index is 618. The van der Waals surface area contributed by atoms with Crippen LogP contribution < -0.4 is 14.8 Å². The van der Waals surface area contributed by atoms with E-state index in [1.165, 1.54) is 25.7 Å². The van der Waals surface area contributed by atoms with E-state index >= 15 is 0 Å². The highest BCUT2D eigenvalue weighted by molar-refractivity contribution is 6.32. The van der Waals surface area contributed by atoms with Crippen molar-refractivity contribution in [2.24, 2.45) is 17.8 Å². The number of nitrogens with one attached hydrogen (secondary N) is 1. The summed E-state index contributed by atoms with van der Waals surface area (Å²) in [6, 6.07) is 3.56. The summed E-state index contributed by atoms with van der Waals surface area (Å²) in [6.45, 7) is 2.28. The maximum Gasteiger partial charge on any atom is 0.251 e. The summed E-state index contributed by atoms with van der Waals surface area (Å²) in [5, 5.41) is 3.57. The minimum absolute atomic E-state index is 0.0875. The molecule has 1 amide bonds. The van der Waals surface area contributed by atoms with Crippen LogP contribution in [0, 0.1) is 17.8 Å². The molecule has 0 radical (unpaired) electrons. The van der Waals surface area contributed by atoms with Gasteiger partial charge in [-0.3, -0.25) is 4.79 Å². The SMILES string of the molecule is CC(NC(=O)c1cc(Cl)c2c(c1)OCO2)C1CC2CCC1C2. The first-order valence-corrected chi connectivity index (χ1v) is 8.39. The third kappa shape index (κ3) is 2.34. The molecule has 1 aliphatic heterocycles. The van der Waals surface area contributed by atoms with Crippen molar-refractivity contribution >= 4 is 17.5 Å². The van der Waals surface area contributed by atoms with Crippen molar-refractivity contribution in [3.05, 3.63) is 22.7 Å². The van der Waals surface area contributed by atoms with Crippen molar-refractivity contribution in [1.29, 1.82) is 0 Å². The van der Waals surface area contributed by atoms with E-state index in [1.807, 2.05) is 0 Å².